The first-order chi connectivity index (χ1) is 8.47. The molecule has 18 heavy (non-hydrogen) atoms. The Morgan fingerprint density at radius 3 is 2.67 bits per heavy atom. The summed E-state index contributed by atoms with van der Waals surface area (Å²) in [7, 11) is 0. The SMILES string of the molecule is Cc1nc(C)n(Cc2ccc(C(N)=S)cc2F)n1. The van der Waals surface area contributed by atoms with Gasteiger partial charge in [-0.25, -0.2) is 14.1 Å². The van der Waals surface area contributed by atoms with Gasteiger partial charge in [0.1, 0.15) is 22.5 Å². The second kappa shape index (κ2) is 4.81. The smallest absolute Gasteiger partial charge is 0.147 e. The van der Waals surface area contributed by atoms with Crippen LogP contribution in [0.5, 0.6) is 0 Å². The van der Waals surface area contributed by atoms with E-state index in [2.05, 4.69) is 10.1 Å². The third-order valence-electron chi connectivity index (χ3n) is 2.62. The number of aryl methyl sites for hydroxylation is 2. The Morgan fingerprint density at radius 1 is 1.44 bits per heavy atom. The molecule has 0 amide bonds. The van der Waals surface area contributed by atoms with E-state index in [9.17, 15) is 4.39 Å². The molecule has 1 heterocycles. The van der Waals surface area contributed by atoms with E-state index in [1.165, 1.54) is 6.07 Å². The molecule has 0 aliphatic heterocycles. The van der Waals surface area contributed by atoms with Crippen LogP contribution >= 0.6 is 12.2 Å². The highest BCUT2D eigenvalue weighted by molar-refractivity contribution is 7.80. The number of hydrogen-bond acceptors (Lipinski definition) is 3. The number of benzene rings is 1. The molecule has 0 radical (unpaired) electrons. The van der Waals surface area contributed by atoms with Gasteiger partial charge in [-0.3, -0.25) is 0 Å². The molecule has 0 spiro atoms. The van der Waals surface area contributed by atoms with E-state index in [1.54, 1.807) is 23.7 Å². The van der Waals surface area contributed by atoms with Crippen LogP contribution in [-0.2, 0) is 6.54 Å². The normalized spacial score (nSPS) is 10.6. The average Bonchev–Trinajstić information content (AvgIpc) is 2.60. The summed E-state index contributed by atoms with van der Waals surface area (Å²) in [5.41, 5.74) is 6.51. The lowest BCUT2D eigenvalue weighted by Crippen LogP contribution is -2.11. The quantitative estimate of drug-likeness (QED) is 0.858. The van der Waals surface area contributed by atoms with Crippen molar-refractivity contribution in [3.05, 3.63) is 46.8 Å². The summed E-state index contributed by atoms with van der Waals surface area (Å²) in [6, 6.07) is 4.72. The van der Waals surface area contributed by atoms with Crippen LogP contribution in [0.4, 0.5) is 4.39 Å². The zero-order valence-corrected chi connectivity index (χ0v) is 11.0. The van der Waals surface area contributed by atoms with Crippen LogP contribution in [0, 0.1) is 19.7 Å². The van der Waals surface area contributed by atoms with Crippen molar-refractivity contribution in [3.63, 3.8) is 0 Å². The van der Waals surface area contributed by atoms with Gasteiger partial charge in [0.05, 0.1) is 6.54 Å². The Morgan fingerprint density at radius 2 is 2.17 bits per heavy atom. The fraction of sp³-hybridized carbons (Fsp3) is 0.250. The maximum Gasteiger partial charge on any atom is 0.147 e. The Kier molecular flexibility index (Phi) is 3.38. The van der Waals surface area contributed by atoms with Crippen molar-refractivity contribution in [2.24, 2.45) is 5.73 Å². The average molecular weight is 264 g/mol. The number of nitrogens with two attached hydrogens (primary N) is 1. The van der Waals surface area contributed by atoms with E-state index in [-0.39, 0.29) is 10.8 Å². The van der Waals surface area contributed by atoms with Crippen molar-refractivity contribution in [2.45, 2.75) is 20.4 Å². The lowest BCUT2D eigenvalue weighted by Gasteiger charge is -2.06. The maximum absolute atomic E-state index is 13.9. The summed E-state index contributed by atoms with van der Waals surface area (Å²) in [4.78, 5) is 4.36. The molecule has 2 aromatic rings. The Labute approximate surface area is 110 Å². The van der Waals surface area contributed by atoms with Gasteiger partial charge in [-0.05, 0) is 19.9 Å². The number of hydrogen-bond donors (Lipinski definition) is 1. The van der Waals surface area contributed by atoms with E-state index >= 15 is 0 Å². The number of halogens is 1. The lowest BCUT2D eigenvalue weighted by atomic mass is 10.1. The van der Waals surface area contributed by atoms with E-state index in [0.29, 0.717) is 23.5 Å². The van der Waals surface area contributed by atoms with Crippen LogP contribution < -0.4 is 5.73 Å². The van der Waals surface area contributed by atoms with Gasteiger partial charge in [-0.1, -0.05) is 24.4 Å². The summed E-state index contributed by atoms with van der Waals surface area (Å²) >= 11 is 4.80. The monoisotopic (exact) mass is 264 g/mol. The Balaban J connectivity index is 2.30. The van der Waals surface area contributed by atoms with Crippen molar-refractivity contribution in [1.29, 1.82) is 0 Å². The molecule has 0 bridgehead atoms. The minimum atomic E-state index is -0.340. The topological polar surface area (TPSA) is 56.7 Å². The Hall–Kier alpha value is -1.82. The van der Waals surface area contributed by atoms with Crippen molar-refractivity contribution in [3.8, 4) is 0 Å². The molecule has 0 saturated heterocycles. The van der Waals surface area contributed by atoms with E-state index in [1.807, 2.05) is 6.92 Å². The molecule has 0 atom stereocenters. The van der Waals surface area contributed by atoms with Gasteiger partial charge in [0.25, 0.3) is 0 Å². The molecule has 6 heteroatoms. The van der Waals surface area contributed by atoms with Gasteiger partial charge in [0.15, 0.2) is 0 Å². The number of thiocarbonyl (C=S) groups is 1. The summed E-state index contributed by atoms with van der Waals surface area (Å²) < 4.78 is 15.5. The summed E-state index contributed by atoms with van der Waals surface area (Å²) in [5, 5.41) is 4.19. The highest BCUT2D eigenvalue weighted by atomic mass is 32.1. The summed E-state index contributed by atoms with van der Waals surface area (Å²) in [5.74, 6) is 1.09. The van der Waals surface area contributed by atoms with Crippen molar-refractivity contribution >= 4 is 17.2 Å². The van der Waals surface area contributed by atoms with E-state index < -0.39 is 0 Å². The predicted molar refractivity (Wildman–Crippen MR) is 70.9 cm³/mol. The first-order valence-corrected chi connectivity index (χ1v) is 5.84. The second-order valence-corrected chi connectivity index (χ2v) is 4.47. The minimum absolute atomic E-state index is 0.188. The van der Waals surface area contributed by atoms with Gasteiger partial charge < -0.3 is 5.73 Å². The minimum Gasteiger partial charge on any atom is -0.389 e. The van der Waals surface area contributed by atoms with Crippen molar-refractivity contribution in [1.82, 2.24) is 14.8 Å². The number of rotatable bonds is 3. The molecule has 0 fully saturated rings. The zero-order valence-electron chi connectivity index (χ0n) is 10.1. The molecular formula is C12H13FN4S. The van der Waals surface area contributed by atoms with Crippen LogP contribution in [0.2, 0.25) is 0 Å². The van der Waals surface area contributed by atoms with E-state index in [4.69, 9.17) is 18.0 Å². The van der Waals surface area contributed by atoms with Crippen LogP contribution in [0.3, 0.4) is 0 Å². The van der Waals surface area contributed by atoms with Crippen LogP contribution in [0.1, 0.15) is 22.8 Å². The molecule has 94 valence electrons. The third kappa shape index (κ3) is 2.53. The van der Waals surface area contributed by atoms with Crippen LogP contribution in [-0.4, -0.2) is 19.8 Å². The number of nitrogens with zero attached hydrogens (tertiary/aromatic N) is 3. The molecule has 4 nitrogen and oxygen atoms in total. The molecule has 0 saturated carbocycles. The zero-order chi connectivity index (χ0) is 13.3. The predicted octanol–water partition coefficient (Wildman–Crippen LogP) is 1.72. The maximum atomic E-state index is 13.9. The highest BCUT2D eigenvalue weighted by Crippen LogP contribution is 2.12. The van der Waals surface area contributed by atoms with Crippen molar-refractivity contribution < 1.29 is 4.39 Å². The molecule has 0 aliphatic carbocycles. The first-order valence-electron chi connectivity index (χ1n) is 5.43. The van der Waals surface area contributed by atoms with E-state index in [0.717, 1.165) is 5.82 Å². The van der Waals surface area contributed by atoms with Gasteiger partial charge >= 0.3 is 0 Å². The fourth-order valence-corrected chi connectivity index (χ4v) is 1.83. The first kappa shape index (κ1) is 12.6. The molecule has 2 N–H and O–H groups in total. The van der Waals surface area contributed by atoms with Gasteiger partial charge in [0.2, 0.25) is 0 Å². The van der Waals surface area contributed by atoms with Crippen molar-refractivity contribution in [2.75, 3.05) is 0 Å². The van der Waals surface area contributed by atoms with Crippen LogP contribution in [0.15, 0.2) is 18.2 Å². The molecular weight excluding hydrogens is 251 g/mol. The molecule has 2 rings (SSSR count). The molecule has 1 aromatic carbocycles. The lowest BCUT2D eigenvalue weighted by molar-refractivity contribution is 0.577. The van der Waals surface area contributed by atoms with Gasteiger partial charge in [-0.15, -0.1) is 0 Å². The second-order valence-electron chi connectivity index (χ2n) is 4.03. The largest absolute Gasteiger partial charge is 0.389 e. The van der Waals surface area contributed by atoms with Gasteiger partial charge in [-0.2, -0.15) is 5.10 Å². The Bertz CT molecular complexity index is 606. The third-order valence-corrected chi connectivity index (χ3v) is 2.86. The summed E-state index contributed by atoms with van der Waals surface area (Å²) in [6.07, 6.45) is 0. The summed E-state index contributed by atoms with van der Waals surface area (Å²) in [6.45, 7) is 3.98. The van der Waals surface area contributed by atoms with Gasteiger partial charge in [0, 0.05) is 11.1 Å². The molecule has 1 aromatic heterocycles. The molecule has 0 unspecified atom stereocenters. The fourth-order valence-electron chi connectivity index (χ4n) is 1.70. The molecule has 0 aliphatic rings. The van der Waals surface area contributed by atoms with Crippen LogP contribution in [0.25, 0.3) is 0 Å². The number of aromatic nitrogens is 3. The highest BCUT2D eigenvalue weighted by Gasteiger charge is 2.09. The standard InChI is InChI=1S/C12H13FN4S/c1-7-15-8(2)17(16-7)6-10-4-3-9(12(14)18)5-11(10)13/h3-5H,6H2,1-2H3,(H2,14,18).